The second-order valence-electron chi connectivity index (χ2n) is 7.39. The highest BCUT2D eigenvalue weighted by atomic mass is 32.1. The second-order valence-corrected chi connectivity index (χ2v) is 8.62. The lowest BCUT2D eigenvalue weighted by Crippen LogP contribution is -2.40. The molecule has 3 rings (SSSR count). The molecule has 142 valence electrons. The quantitative estimate of drug-likeness (QED) is 0.799. The lowest BCUT2D eigenvalue weighted by molar-refractivity contribution is -0.135. The van der Waals surface area contributed by atoms with Crippen molar-refractivity contribution in [3.8, 4) is 0 Å². The van der Waals surface area contributed by atoms with Crippen LogP contribution in [-0.4, -0.2) is 42.4 Å². The maximum atomic E-state index is 12.6. The van der Waals surface area contributed by atoms with Crippen LogP contribution in [0.15, 0.2) is 0 Å². The van der Waals surface area contributed by atoms with Gasteiger partial charge in [0.1, 0.15) is 5.00 Å². The Bertz CT molecular complexity index is 715. The fraction of sp³-hybridized carbons (Fsp3) is 0.632. The molecule has 2 heterocycles. The van der Waals surface area contributed by atoms with Crippen molar-refractivity contribution in [3.63, 3.8) is 0 Å². The smallest absolute Gasteiger partial charge is 0.341 e. The van der Waals surface area contributed by atoms with Gasteiger partial charge in [-0.1, -0.05) is 6.92 Å². The molecule has 0 atom stereocenters. The van der Waals surface area contributed by atoms with Crippen molar-refractivity contribution in [1.29, 1.82) is 0 Å². The first-order chi connectivity index (χ1) is 12.4. The number of piperidine rings is 1. The molecule has 0 spiro atoms. The molecule has 2 aliphatic rings. The van der Waals surface area contributed by atoms with Crippen LogP contribution in [0.5, 0.6) is 0 Å². The lowest BCUT2D eigenvalue weighted by Gasteiger charge is -2.30. The Balaban J connectivity index is 1.61. The van der Waals surface area contributed by atoms with Crippen molar-refractivity contribution in [2.24, 2.45) is 11.8 Å². The number of esters is 1. The Morgan fingerprint density at radius 3 is 2.42 bits per heavy atom. The standard InChI is InChI=1S/C19H26N2O4S/c1-11-6-8-21(9-7-11)15(22)10-25-19(24)16-12(2)13(3)26-18(16)20-17(23)14-4-5-14/h11,14H,4-10H2,1-3H3,(H,20,23). The Labute approximate surface area is 157 Å². The number of nitrogens with one attached hydrogen (secondary N) is 1. The highest BCUT2D eigenvalue weighted by molar-refractivity contribution is 7.16. The fourth-order valence-electron chi connectivity index (χ4n) is 3.07. The van der Waals surface area contributed by atoms with Crippen LogP contribution in [0.2, 0.25) is 0 Å². The van der Waals surface area contributed by atoms with E-state index in [0.717, 1.165) is 49.2 Å². The molecule has 0 bridgehead atoms. The molecule has 26 heavy (non-hydrogen) atoms. The number of hydrogen-bond donors (Lipinski definition) is 1. The van der Waals surface area contributed by atoms with E-state index in [9.17, 15) is 14.4 Å². The van der Waals surface area contributed by atoms with E-state index in [1.54, 1.807) is 4.90 Å². The van der Waals surface area contributed by atoms with Gasteiger partial charge >= 0.3 is 5.97 Å². The molecule has 1 saturated heterocycles. The third kappa shape index (κ3) is 4.26. The first-order valence-corrected chi connectivity index (χ1v) is 10.0. The SMILES string of the molecule is Cc1sc(NC(=O)C2CC2)c(C(=O)OCC(=O)N2CCC(C)CC2)c1C. The van der Waals surface area contributed by atoms with Gasteiger partial charge in [-0.15, -0.1) is 11.3 Å². The number of nitrogens with zero attached hydrogens (tertiary/aromatic N) is 1. The molecule has 2 amide bonds. The Morgan fingerprint density at radius 1 is 1.15 bits per heavy atom. The van der Waals surface area contributed by atoms with E-state index in [0.29, 0.717) is 16.5 Å². The van der Waals surface area contributed by atoms with Crippen molar-refractivity contribution in [2.45, 2.75) is 46.5 Å². The van der Waals surface area contributed by atoms with E-state index >= 15 is 0 Å². The second kappa shape index (κ2) is 7.78. The number of amides is 2. The zero-order valence-corrected chi connectivity index (χ0v) is 16.4. The number of ether oxygens (including phenoxy) is 1. The monoisotopic (exact) mass is 378 g/mol. The number of thiophene rings is 1. The Morgan fingerprint density at radius 2 is 1.81 bits per heavy atom. The van der Waals surface area contributed by atoms with E-state index in [1.165, 1.54) is 11.3 Å². The van der Waals surface area contributed by atoms with Crippen LogP contribution in [0.4, 0.5) is 5.00 Å². The van der Waals surface area contributed by atoms with Crippen molar-refractivity contribution >= 4 is 34.1 Å². The molecule has 1 saturated carbocycles. The van der Waals surface area contributed by atoms with Crippen LogP contribution in [0.1, 0.15) is 53.4 Å². The average Bonchev–Trinajstić information content (AvgIpc) is 3.41. The number of hydrogen-bond acceptors (Lipinski definition) is 5. The zero-order valence-electron chi connectivity index (χ0n) is 15.6. The van der Waals surface area contributed by atoms with Crippen LogP contribution >= 0.6 is 11.3 Å². The van der Waals surface area contributed by atoms with Gasteiger partial charge in [-0.2, -0.15) is 0 Å². The summed E-state index contributed by atoms with van der Waals surface area (Å²) in [5.74, 6) is -0.0470. The summed E-state index contributed by atoms with van der Waals surface area (Å²) in [5, 5.41) is 3.38. The summed E-state index contributed by atoms with van der Waals surface area (Å²) >= 11 is 1.38. The molecule has 0 unspecified atom stereocenters. The largest absolute Gasteiger partial charge is 0.452 e. The molecular formula is C19H26N2O4S. The average molecular weight is 378 g/mol. The highest BCUT2D eigenvalue weighted by Gasteiger charge is 2.32. The van der Waals surface area contributed by atoms with E-state index < -0.39 is 5.97 Å². The summed E-state index contributed by atoms with van der Waals surface area (Å²) in [6.07, 6.45) is 3.77. The van der Waals surface area contributed by atoms with Gasteiger partial charge in [0.15, 0.2) is 6.61 Å². The van der Waals surface area contributed by atoms with Gasteiger partial charge in [-0.05, 0) is 51.0 Å². The molecule has 6 nitrogen and oxygen atoms in total. The number of carbonyl (C=O) groups excluding carboxylic acids is 3. The molecule has 1 aliphatic carbocycles. The third-order valence-corrected chi connectivity index (χ3v) is 6.36. The molecule has 7 heteroatoms. The van der Waals surface area contributed by atoms with E-state index in [4.69, 9.17) is 4.74 Å². The predicted molar refractivity (Wildman–Crippen MR) is 100 cm³/mol. The lowest BCUT2D eigenvalue weighted by atomic mass is 9.99. The maximum absolute atomic E-state index is 12.6. The Kier molecular flexibility index (Phi) is 5.65. The molecule has 0 radical (unpaired) electrons. The molecular weight excluding hydrogens is 352 g/mol. The van der Waals surface area contributed by atoms with Gasteiger partial charge in [0.05, 0.1) is 5.56 Å². The minimum atomic E-state index is -0.545. The first kappa shape index (κ1) is 18.9. The van der Waals surface area contributed by atoms with Crippen molar-refractivity contribution in [2.75, 3.05) is 25.0 Å². The van der Waals surface area contributed by atoms with Crippen molar-refractivity contribution in [1.82, 2.24) is 4.90 Å². The number of aryl methyl sites for hydroxylation is 1. The van der Waals surface area contributed by atoms with Crippen LogP contribution in [0.25, 0.3) is 0 Å². The predicted octanol–water partition coefficient (Wildman–Crippen LogP) is 3.13. The third-order valence-electron chi connectivity index (χ3n) is 5.24. The summed E-state index contributed by atoms with van der Waals surface area (Å²) in [6, 6.07) is 0. The molecule has 1 aromatic rings. The summed E-state index contributed by atoms with van der Waals surface area (Å²) in [7, 11) is 0. The first-order valence-electron chi connectivity index (χ1n) is 9.22. The molecule has 1 aliphatic heterocycles. The van der Waals surface area contributed by atoms with Gasteiger partial charge in [-0.25, -0.2) is 4.79 Å². The van der Waals surface area contributed by atoms with Crippen molar-refractivity contribution < 1.29 is 19.1 Å². The summed E-state index contributed by atoms with van der Waals surface area (Å²) in [6.45, 7) is 7.11. The topological polar surface area (TPSA) is 75.7 Å². The van der Waals surface area contributed by atoms with Crippen LogP contribution in [0, 0.1) is 25.7 Å². The van der Waals surface area contributed by atoms with E-state index in [1.807, 2.05) is 13.8 Å². The van der Waals surface area contributed by atoms with E-state index in [2.05, 4.69) is 12.2 Å². The zero-order chi connectivity index (χ0) is 18.8. The normalized spacial score (nSPS) is 17.9. The van der Waals surface area contributed by atoms with Gasteiger partial charge in [-0.3, -0.25) is 9.59 Å². The number of carbonyl (C=O) groups is 3. The minimum absolute atomic E-state index is 0.0428. The summed E-state index contributed by atoms with van der Waals surface area (Å²) in [5.41, 5.74) is 1.17. The van der Waals surface area contributed by atoms with Gasteiger partial charge < -0.3 is 15.0 Å². The van der Waals surface area contributed by atoms with Gasteiger partial charge in [0, 0.05) is 23.9 Å². The number of likely N-dealkylation sites (tertiary alicyclic amines) is 1. The van der Waals surface area contributed by atoms with E-state index in [-0.39, 0.29) is 24.3 Å². The maximum Gasteiger partial charge on any atom is 0.341 e. The number of rotatable bonds is 5. The fourth-order valence-corrected chi connectivity index (χ4v) is 4.12. The number of anilines is 1. The van der Waals surface area contributed by atoms with Crippen LogP contribution in [0.3, 0.4) is 0 Å². The van der Waals surface area contributed by atoms with Gasteiger partial charge in [0.25, 0.3) is 5.91 Å². The molecule has 1 N–H and O–H groups in total. The molecule has 0 aromatic carbocycles. The summed E-state index contributed by atoms with van der Waals surface area (Å²) in [4.78, 5) is 39.6. The molecule has 2 fully saturated rings. The van der Waals surface area contributed by atoms with Gasteiger partial charge in [0.2, 0.25) is 5.91 Å². The minimum Gasteiger partial charge on any atom is -0.452 e. The highest BCUT2D eigenvalue weighted by Crippen LogP contribution is 2.36. The van der Waals surface area contributed by atoms with Crippen LogP contribution < -0.4 is 5.32 Å². The van der Waals surface area contributed by atoms with Crippen LogP contribution in [-0.2, 0) is 14.3 Å². The Hall–Kier alpha value is -1.89. The molecule has 1 aromatic heterocycles. The summed E-state index contributed by atoms with van der Waals surface area (Å²) < 4.78 is 5.29. The van der Waals surface area contributed by atoms with Crippen molar-refractivity contribution in [3.05, 3.63) is 16.0 Å².